The van der Waals surface area contributed by atoms with Crippen molar-refractivity contribution in [3.63, 3.8) is 0 Å². The molecule has 0 unspecified atom stereocenters. The zero-order valence-electron chi connectivity index (χ0n) is 13.2. The van der Waals surface area contributed by atoms with Gasteiger partial charge in [-0.3, -0.25) is 9.59 Å². The lowest BCUT2D eigenvalue weighted by Gasteiger charge is -2.12. The first-order valence-electron chi connectivity index (χ1n) is 7.70. The average molecular weight is 419 g/mol. The molecule has 1 aromatic carbocycles. The van der Waals surface area contributed by atoms with Gasteiger partial charge in [0.25, 0.3) is 0 Å². The van der Waals surface area contributed by atoms with E-state index in [2.05, 4.69) is 51.4 Å². The Morgan fingerprint density at radius 3 is 2.26 bits per heavy atom. The summed E-state index contributed by atoms with van der Waals surface area (Å²) >= 11 is 2.29. The molecule has 0 atom stereocenters. The summed E-state index contributed by atoms with van der Waals surface area (Å²) in [5.74, 6) is -0.0550. The van der Waals surface area contributed by atoms with E-state index >= 15 is 0 Å². The van der Waals surface area contributed by atoms with Crippen LogP contribution in [0.3, 0.4) is 0 Å². The summed E-state index contributed by atoms with van der Waals surface area (Å²) in [4.78, 5) is 24.0. The molecular weight excluding hydrogens is 401 g/mol. The molecule has 23 heavy (non-hydrogen) atoms. The van der Waals surface area contributed by atoms with Gasteiger partial charge >= 0.3 is 0 Å². The average Bonchev–Trinajstić information content (AvgIpc) is 2.79. The SMILES string of the molecule is Cc1cc(C=C2C(=O)CCCC2=O)c(C)n1-c1ccc(I)cc1. The number of carbonyl (C=O) groups is 2. The highest BCUT2D eigenvalue weighted by Gasteiger charge is 2.23. The predicted molar refractivity (Wildman–Crippen MR) is 99.8 cm³/mol. The minimum Gasteiger partial charge on any atom is -0.318 e. The summed E-state index contributed by atoms with van der Waals surface area (Å²) in [7, 11) is 0. The lowest BCUT2D eigenvalue weighted by atomic mass is 9.91. The first kappa shape index (κ1) is 16.2. The Balaban J connectivity index is 2.06. The van der Waals surface area contributed by atoms with Gasteiger partial charge < -0.3 is 4.57 Å². The number of allylic oxidation sites excluding steroid dienone is 1. The Hall–Kier alpha value is -1.69. The van der Waals surface area contributed by atoms with Crippen molar-refractivity contribution in [1.29, 1.82) is 0 Å². The topological polar surface area (TPSA) is 39.1 Å². The molecule has 0 spiro atoms. The first-order chi connectivity index (χ1) is 11.0. The van der Waals surface area contributed by atoms with Crippen LogP contribution in [0, 0.1) is 17.4 Å². The molecule has 1 aliphatic rings. The lowest BCUT2D eigenvalue weighted by molar-refractivity contribution is -0.123. The number of Topliss-reactive ketones (excluding diaryl/α,β-unsaturated/α-hetero) is 2. The second-order valence-corrected chi connectivity index (χ2v) is 7.14. The number of hydrogen-bond acceptors (Lipinski definition) is 2. The van der Waals surface area contributed by atoms with Crippen LogP contribution in [0.15, 0.2) is 35.9 Å². The molecule has 3 nitrogen and oxygen atoms in total. The Labute approximate surface area is 149 Å². The number of ketones is 2. The molecule has 1 heterocycles. The summed E-state index contributed by atoms with van der Waals surface area (Å²) in [6.45, 7) is 4.06. The third-order valence-corrected chi connectivity index (χ3v) is 4.98. The molecule has 1 fully saturated rings. The fourth-order valence-electron chi connectivity index (χ4n) is 3.07. The van der Waals surface area contributed by atoms with Gasteiger partial charge in [-0.05, 0) is 84.8 Å². The van der Waals surface area contributed by atoms with Crippen molar-refractivity contribution in [2.24, 2.45) is 0 Å². The maximum Gasteiger partial charge on any atom is 0.166 e. The maximum absolute atomic E-state index is 12.0. The molecule has 3 rings (SSSR count). The second-order valence-electron chi connectivity index (χ2n) is 5.90. The van der Waals surface area contributed by atoms with Crippen molar-refractivity contribution in [1.82, 2.24) is 4.57 Å². The van der Waals surface area contributed by atoms with Gasteiger partial charge in [-0.15, -0.1) is 0 Å². The van der Waals surface area contributed by atoms with Crippen LogP contribution in [-0.2, 0) is 9.59 Å². The van der Waals surface area contributed by atoms with Crippen LogP contribution in [0.25, 0.3) is 11.8 Å². The molecule has 0 amide bonds. The molecule has 2 aromatic rings. The number of hydrogen-bond donors (Lipinski definition) is 0. The van der Waals surface area contributed by atoms with Crippen LogP contribution in [-0.4, -0.2) is 16.1 Å². The minimum absolute atomic E-state index is 0.0275. The van der Waals surface area contributed by atoms with Gasteiger partial charge in [0.05, 0.1) is 5.57 Å². The number of rotatable bonds is 2. The van der Waals surface area contributed by atoms with Crippen molar-refractivity contribution in [3.8, 4) is 5.69 Å². The quantitative estimate of drug-likeness (QED) is 0.411. The zero-order valence-corrected chi connectivity index (χ0v) is 15.4. The molecule has 4 heteroatoms. The highest BCUT2D eigenvalue weighted by molar-refractivity contribution is 14.1. The Morgan fingerprint density at radius 2 is 1.65 bits per heavy atom. The van der Waals surface area contributed by atoms with Gasteiger partial charge in [-0.25, -0.2) is 0 Å². The van der Waals surface area contributed by atoms with Crippen LogP contribution in [0.5, 0.6) is 0 Å². The third-order valence-electron chi connectivity index (χ3n) is 4.26. The normalized spacial score (nSPS) is 15.2. The molecule has 1 aromatic heterocycles. The zero-order chi connectivity index (χ0) is 16.6. The number of aryl methyl sites for hydroxylation is 1. The molecule has 0 bridgehead atoms. The van der Waals surface area contributed by atoms with Gasteiger partial charge in [0.1, 0.15) is 0 Å². The molecule has 1 aliphatic carbocycles. The lowest BCUT2D eigenvalue weighted by Crippen LogP contribution is -2.18. The highest BCUT2D eigenvalue weighted by atomic mass is 127. The van der Waals surface area contributed by atoms with Gasteiger partial charge in [0.2, 0.25) is 0 Å². The Morgan fingerprint density at radius 1 is 1.04 bits per heavy atom. The monoisotopic (exact) mass is 419 g/mol. The fourth-order valence-corrected chi connectivity index (χ4v) is 3.43. The summed E-state index contributed by atoms with van der Waals surface area (Å²) in [6.07, 6.45) is 3.41. The molecule has 0 N–H and O–H groups in total. The number of nitrogens with zero attached hydrogens (tertiary/aromatic N) is 1. The smallest absolute Gasteiger partial charge is 0.166 e. The van der Waals surface area contributed by atoms with Crippen molar-refractivity contribution >= 4 is 40.2 Å². The fraction of sp³-hybridized carbons (Fsp3) is 0.263. The largest absolute Gasteiger partial charge is 0.318 e. The Bertz CT molecular complexity index is 795. The molecule has 0 aliphatic heterocycles. The molecule has 118 valence electrons. The summed E-state index contributed by atoms with van der Waals surface area (Å²) in [5, 5.41) is 0. The van der Waals surface area contributed by atoms with Gasteiger partial charge in [-0.1, -0.05) is 0 Å². The predicted octanol–water partition coefficient (Wildman–Crippen LogP) is 4.40. The summed E-state index contributed by atoms with van der Waals surface area (Å²) in [6, 6.07) is 10.3. The summed E-state index contributed by atoms with van der Waals surface area (Å²) in [5.41, 5.74) is 4.53. The number of aromatic nitrogens is 1. The number of benzene rings is 1. The van der Waals surface area contributed by atoms with E-state index in [4.69, 9.17) is 0 Å². The molecular formula is C19H18INO2. The van der Waals surface area contributed by atoms with Crippen molar-refractivity contribution in [2.45, 2.75) is 33.1 Å². The van der Waals surface area contributed by atoms with Gasteiger partial charge in [0, 0.05) is 33.5 Å². The molecule has 0 radical (unpaired) electrons. The third kappa shape index (κ3) is 3.17. The molecule has 1 saturated carbocycles. The van der Waals surface area contributed by atoms with E-state index in [0.717, 1.165) is 22.6 Å². The van der Waals surface area contributed by atoms with E-state index in [9.17, 15) is 9.59 Å². The summed E-state index contributed by atoms with van der Waals surface area (Å²) < 4.78 is 3.34. The van der Waals surface area contributed by atoms with E-state index < -0.39 is 0 Å². The first-order valence-corrected chi connectivity index (χ1v) is 8.78. The van der Waals surface area contributed by atoms with E-state index in [1.165, 1.54) is 3.57 Å². The van der Waals surface area contributed by atoms with E-state index in [1.54, 1.807) is 6.08 Å². The van der Waals surface area contributed by atoms with Crippen molar-refractivity contribution < 1.29 is 9.59 Å². The maximum atomic E-state index is 12.0. The standard InChI is InChI=1S/C19H18INO2/c1-12-10-14(11-17-18(22)4-3-5-19(17)23)13(2)21(12)16-8-6-15(20)7-9-16/h6-11H,3-5H2,1-2H3. The van der Waals surface area contributed by atoms with Crippen molar-refractivity contribution in [2.75, 3.05) is 0 Å². The van der Waals surface area contributed by atoms with Crippen LogP contribution in [0.2, 0.25) is 0 Å². The van der Waals surface area contributed by atoms with E-state index in [-0.39, 0.29) is 11.6 Å². The van der Waals surface area contributed by atoms with E-state index in [1.807, 2.05) is 19.9 Å². The Kier molecular flexibility index (Phi) is 4.53. The van der Waals surface area contributed by atoms with E-state index in [0.29, 0.717) is 24.8 Å². The van der Waals surface area contributed by atoms with Gasteiger partial charge in [0.15, 0.2) is 11.6 Å². The number of halogens is 1. The van der Waals surface area contributed by atoms with Crippen LogP contribution >= 0.6 is 22.6 Å². The molecule has 0 saturated heterocycles. The van der Waals surface area contributed by atoms with Crippen LogP contribution < -0.4 is 0 Å². The van der Waals surface area contributed by atoms with Crippen molar-refractivity contribution in [3.05, 3.63) is 56.4 Å². The second kappa shape index (κ2) is 6.43. The minimum atomic E-state index is -0.0275. The van der Waals surface area contributed by atoms with Crippen LogP contribution in [0.4, 0.5) is 0 Å². The number of carbonyl (C=O) groups excluding carboxylic acids is 2. The van der Waals surface area contributed by atoms with Crippen LogP contribution in [0.1, 0.15) is 36.2 Å². The highest BCUT2D eigenvalue weighted by Crippen LogP contribution is 2.26. The van der Waals surface area contributed by atoms with Gasteiger partial charge in [-0.2, -0.15) is 0 Å².